The Morgan fingerprint density at radius 3 is 2.52 bits per heavy atom. The van der Waals surface area contributed by atoms with E-state index >= 15 is 0 Å². The van der Waals surface area contributed by atoms with E-state index in [4.69, 9.17) is 9.47 Å². The Labute approximate surface area is 201 Å². The van der Waals surface area contributed by atoms with E-state index in [9.17, 15) is 15.0 Å². The van der Waals surface area contributed by atoms with E-state index in [1.54, 1.807) is 6.92 Å². The summed E-state index contributed by atoms with van der Waals surface area (Å²) >= 11 is 0. The molecule has 11 atom stereocenters. The van der Waals surface area contributed by atoms with E-state index in [1.165, 1.54) is 19.3 Å². The Bertz CT molecular complexity index is 696. The SMILES string of the molecule is CCOC(C)OC(=O)CCC(C)C1CCC2C3CCC4CC(O)CCC4(C)C3CC(O)C12C. The molecule has 4 saturated carbocycles. The van der Waals surface area contributed by atoms with E-state index in [2.05, 4.69) is 20.8 Å². The fraction of sp³-hybridized carbons (Fsp3) is 0.964. The van der Waals surface area contributed by atoms with Gasteiger partial charge >= 0.3 is 5.97 Å². The third-order valence-electron chi connectivity index (χ3n) is 11.0. The van der Waals surface area contributed by atoms with Crippen LogP contribution in [0.25, 0.3) is 0 Å². The van der Waals surface area contributed by atoms with Crippen molar-refractivity contribution in [3.63, 3.8) is 0 Å². The third kappa shape index (κ3) is 4.51. The van der Waals surface area contributed by atoms with Crippen LogP contribution in [0.2, 0.25) is 0 Å². The molecule has 0 aromatic heterocycles. The largest absolute Gasteiger partial charge is 0.436 e. The van der Waals surface area contributed by atoms with E-state index in [0.717, 1.165) is 38.5 Å². The van der Waals surface area contributed by atoms with Gasteiger partial charge < -0.3 is 19.7 Å². The van der Waals surface area contributed by atoms with Crippen molar-refractivity contribution >= 4 is 5.97 Å². The molecule has 0 spiro atoms. The molecule has 0 aliphatic heterocycles. The highest BCUT2D eigenvalue weighted by Crippen LogP contribution is 2.68. The van der Waals surface area contributed by atoms with Gasteiger partial charge in [0.2, 0.25) is 0 Å². The first kappa shape index (κ1) is 25.4. The summed E-state index contributed by atoms with van der Waals surface area (Å²) in [6, 6.07) is 0. The van der Waals surface area contributed by atoms with Crippen LogP contribution in [0.1, 0.15) is 98.8 Å². The summed E-state index contributed by atoms with van der Waals surface area (Å²) in [4.78, 5) is 12.3. The Morgan fingerprint density at radius 2 is 1.79 bits per heavy atom. The van der Waals surface area contributed by atoms with Gasteiger partial charge in [-0.1, -0.05) is 20.8 Å². The van der Waals surface area contributed by atoms with Crippen LogP contribution in [-0.4, -0.2) is 41.3 Å². The smallest absolute Gasteiger partial charge is 0.308 e. The van der Waals surface area contributed by atoms with Crippen LogP contribution < -0.4 is 0 Å². The van der Waals surface area contributed by atoms with Gasteiger partial charge in [-0.05, 0) is 118 Å². The molecule has 0 bridgehead atoms. The van der Waals surface area contributed by atoms with Crippen molar-refractivity contribution in [2.75, 3.05) is 6.61 Å². The maximum absolute atomic E-state index is 12.3. The number of ether oxygens (including phenoxy) is 2. The lowest BCUT2D eigenvalue weighted by atomic mass is 9.43. The van der Waals surface area contributed by atoms with Crippen LogP contribution in [0.4, 0.5) is 0 Å². The number of carbonyl (C=O) groups is 1. The predicted octanol–water partition coefficient (Wildman–Crippen LogP) is 5.32. The van der Waals surface area contributed by atoms with E-state index in [-0.39, 0.29) is 29.0 Å². The molecule has 0 amide bonds. The van der Waals surface area contributed by atoms with Crippen molar-refractivity contribution in [1.29, 1.82) is 0 Å². The minimum atomic E-state index is -0.485. The Balaban J connectivity index is 1.43. The van der Waals surface area contributed by atoms with Gasteiger partial charge in [0, 0.05) is 13.0 Å². The highest BCUT2D eigenvalue weighted by molar-refractivity contribution is 5.69. The zero-order valence-corrected chi connectivity index (χ0v) is 21.6. The van der Waals surface area contributed by atoms with Crippen molar-refractivity contribution in [2.45, 2.75) is 117 Å². The molecule has 4 aliphatic rings. The third-order valence-corrected chi connectivity index (χ3v) is 11.0. The minimum absolute atomic E-state index is 0.0551. The molecule has 0 aromatic rings. The number of hydrogen-bond acceptors (Lipinski definition) is 5. The summed E-state index contributed by atoms with van der Waals surface area (Å²) in [6.45, 7) is 11.3. The first-order chi connectivity index (χ1) is 15.6. The number of hydrogen-bond donors (Lipinski definition) is 2. The van der Waals surface area contributed by atoms with Crippen molar-refractivity contribution in [3.8, 4) is 0 Å². The summed E-state index contributed by atoms with van der Waals surface area (Å²) in [5.74, 6) is 3.13. The van der Waals surface area contributed by atoms with Gasteiger partial charge in [0.05, 0.1) is 12.2 Å². The van der Waals surface area contributed by atoms with Gasteiger partial charge in [-0.15, -0.1) is 0 Å². The molecule has 4 aliphatic carbocycles. The Morgan fingerprint density at radius 1 is 1.03 bits per heavy atom. The van der Waals surface area contributed by atoms with Gasteiger partial charge in [-0.25, -0.2) is 0 Å². The number of rotatable bonds is 7. The number of aliphatic hydroxyl groups excluding tert-OH is 2. The van der Waals surface area contributed by atoms with Crippen LogP contribution >= 0.6 is 0 Å². The van der Waals surface area contributed by atoms with Crippen molar-refractivity contribution in [3.05, 3.63) is 0 Å². The fourth-order valence-electron chi connectivity index (χ4n) is 9.22. The molecule has 4 rings (SSSR count). The van der Waals surface area contributed by atoms with Gasteiger partial charge in [-0.3, -0.25) is 4.79 Å². The quantitative estimate of drug-likeness (QED) is 0.394. The minimum Gasteiger partial charge on any atom is -0.436 e. The molecule has 0 radical (unpaired) electrons. The molecule has 5 heteroatoms. The lowest BCUT2D eigenvalue weighted by Gasteiger charge is -2.62. The zero-order chi connectivity index (χ0) is 24.0. The molecule has 33 heavy (non-hydrogen) atoms. The van der Waals surface area contributed by atoms with Crippen LogP contribution in [0.5, 0.6) is 0 Å². The molecule has 0 saturated heterocycles. The van der Waals surface area contributed by atoms with Gasteiger partial charge in [0.25, 0.3) is 0 Å². The summed E-state index contributed by atoms with van der Waals surface area (Å²) in [6.07, 6.45) is 9.10. The highest BCUT2D eigenvalue weighted by Gasteiger charge is 2.63. The summed E-state index contributed by atoms with van der Waals surface area (Å²) in [5, 5.41) is 21.9. The molecule has 5 nitrogen and oxygen atoms in total. The number of esters is 1. The van der Waals surface area contributed by atoms with Crippen LogP contribution in [0.3, 0.4) is 0 Å². The van der Waals surface area contributed by atoms with Crippen molar-refractivity contribution in [2.24, 2.45) is 46.3 Å². The molecule has 190 valence electrons. The van der Waals surface area contributed by atoms with Crippen LogP contribution in [-0.2, 0) is 14.3 Å². The molecule has 11 unspecified atom stereocenters. The van der Waals surface area contributed by atoms with Gasteiger partial charge in [0.1, 0.15) is 0 Å². The summed E-state index contributed by atoms with van der Waals surface area (Å²) in [7, 11) is 0. The maximum Gasteiger partial charge on any atom is 0.308 e. The van der Waals surface area contributed by atoms with Gasteiger partial charge in [-0.2, -0.15) is 0 Å². The second kappa shape index (κ2) is 9.78. The molecule has 0 heterocycles. The number of carbonyl (C=O) groups excluding carboxylic acids is 1. The van der Waals surface area contributed by atoms with E-state index in [0.29, 0.717) is 48.5 Å². The fourth-order valence-corrected chi connectivity index (χ4v) is 9.22. The first-order valence-corrected chi connectivity index (χ1v) is 13.8. The Hall–Kier alpha value is -0.650. The standard InChI is InChI=1S/C28H48O5/c1-6-32-18(3)33-26(31)12-7-17(2)22-10-11-23-21-9-8-19-15-20(29)13-14-27(19,4)24(21)16-25(30)28(22,23)5/h17-25,29-30H,6-16H2,1-5H3. The molecule has 0 aromatic carbocycles. The van der Waals surface area contributed by atoms with Crippen molar-refractivity contribution < 1.29 is 24.5 Å². The predicted molar refractivity (Wildman–Crippen MR) is 128 cm³/mol. The summed E-state index contributed by atoms with van der Waals surface area (Å²) < 4.78 is 10.7. The molecular formula is C28H48O5. The maximum atomic E-state index is 12.3. The second-order valence-electron chi connectivity index (χ2n) is 12.4. The lowest BCUT2D eigenvalue weighted by Crippen LogP contribution is -2.58. The monoisotopic (exact) mass is 464 g/mol. The lowest BCUT2D eigenvalue weighted by molar-refractivity contribution is -0.177. The van der Waals surface area contributed by atoms with Crippen molar-refractivity contribution in [1.82, 2.24) is 0 Å². The first-order valence-electron chi connectivity index (χ1n) is 13.8. The molecule has 2 N–H and O–H groups in total. The normalized spacial score (nSPS) is 46.6. The summed E-state index contributed by atoms with van der Waals surface area (Å²) in [5.41, 5.74) is 0.218. The van der Waals surface area contributed by atoms with Gasteiger partial charge in [0.15, 0.2) is 6.29 Å². The topological polar surface area (TPSA) is 76.0 Å². The second-order valence-corrected chi connectivity index (χ2v) is 12.4. The molecule has 4 fully saturated rings. The number of aliphatic hydroxyl groups is 2. The van der Waals surface area contributed by atoms with Crippen LogP contribution in [0.15, 0.2) is 0 Å². The average Bonchev–Trinajstić information content (AvgIpc) is 3.12. The van der Waals surface area contributed by atoms with E-state index in [1.807, 2.05) is 6.92 Å². The highest BCUT2D eigenvalue weighted by atomic mass is 16.7. The Kier molecular flexibility index (Phi) is 7.54. The number of fused-ring (bicyclic) bond motifs is 5. The average molecular weight is 465 g/mol. The van der Waals surface area contributed by atoms with Crippen LogP contribution in [0, 0.1) is 46.3 Å². The van der Waals surface area contributed by atoms with E-state index < -0.39 is 6.29 Å². The zero-order valence-electron chi connectivity index (χ0n) is 21.6. The molecular weight excluding hydrogens is 416 g/mol.